The number of alkyl halides is 1. The van der Waals surface area contributed by atoms with E-state index in [1.165, 1.54) is 25.8 Å². The lowest BCUT2D eigenvalue weighted by atomic mass is 9.87. The lowest BCUT2D eigenvalue weighted by Gasteiger charge is -2.39. The Balaban J connectivity index is 2.27. The fraction of sp³-hybridized carbons (Fsp3) is 1.00. The van der Waals surface area contributed by atoms with Crippen LogP contribution >= 0.6 is 15.9 Å². The molecule has 2 nitrogen and oxygen atoms in total. The van der Waals surface area contributed by atoms with Crippen molar-refractivity contribution in [2.75, 3.05) is 20.7 Å². The Morgan fingerprint density at radius 3 is 2.92 bits per heavy atom. The van der Waals surface area contributed by atoms with Crippen molar-refractivity contribution in [1.82, 2.24) is 4.90 Å². The first-order chi connectivity index (χ1) is 5.70. The minimum absolute atomic E-state index is 0.00289. The number of hydrogen-bond donors (Lipinski definition) is 0. The smallest absolute Gasteiger partial charge is 0.133 e. The maximum Gasteiger partial charge on any atom is 0.133 e. The number of fused-ring (bicyclic) bond motifs is 2. The van der Waals surface area contributed by atoms with Crippen LogP contribution in [0.3, 0.4) is 0 Å². The molecular weight excluding hydrogens is 218 g/mol. The SMILES string of the molecule is CO[C@@]12CCC[C@@H](CN1C)[C@@H]2Br. The third-order valence-corrected chi connectivity index (χ3v) is 4.93. The molecule has 0 radical (unpaired) electrons. The first kappa shape index (κ1) is 8.97. The van der Waals surface area contributed by atoms with Crippen molar-refractivity contribution >= 4 is 15.9 Å². The van der Waals surface area contributed by atoms with Crippen LogP contribution in [0.5, 0.6) is 0 Å². The van der Waals surface area contributed by atoms with Gasteiger partial charge in [0.25, 0.3) is 0 Å². The molecule has 1 saturated carbocycles. The summed E-state index contributed by atoms with van der Waals surface area (Å²) in [5, 5.41) is 0. The largest absolute Gasteiger partial charge is 0.362 e. The average molecular weight is 234 g/mol. The van der Waals surface area contributed by atoms with Gasteiger partial charge in [-0.15, -0.1) is 0 Å². The van der Waals surface area contributed by atoms with Crippen molar-refractivity contribution in [3.05, 3.63) is 0 Å². The van der Waals surface area contributed by atoms with Gasteiger partial charge in [-0.3, -0.25) is 4.90 Å². The number of nitrogens with zero attached hydrogens (tertiary/aromatic N) is 1. The fourth-order valence-corrected chi connectivity index (χ4v) is 3.93. The summed E-state index contributed by atoms with van der Waals surface area (Å²) in [5.74, 6) is 0.795. The predicted molar refractivity (Wildman–Crippen MR) is 52.4 cm³/mol. The van der Waals surface area contributed by atoms with Gasteiger partial charge in [0.05, 0.1) is 4.83 Å². The molecule has 0 unspecified atom stereocenters. The number of rotatable bonds is 1. The van der Waals surface area contributed by atoms with Crippen LogP contribution in [-0.2, 0) is 4.74 Å². The molecule has 3 atom stereocenters. The minimum Gasteiger partial charge on any atom is -0.362 e. The molecule has 2 bridgehead atoms. The average Bonchev–Trinajstić information content (AvgIpc) is 2.23. The standard InChI is InChI=1S/C9H16BrNO/c1-11-6-7-4-3-5-9(11,12-2)8(7)10/h7-8H,3-6H2,1-2H3/t7-,8-,9+/m0/s1. The molecule has 0 aromatic carbocycles. The van der Waals surface area contributed by atoms with Gasteiger partial charge in [-0.25, -0.2) is 0 Å². The molecule has 1 heterocycles. The second-order valence-electron chi connectivity index (χ2n) is 3.98. The zero-order valence-electron chi connectivity index (χ0n) is 7.72. The molecule has 3 heteroatoms. The van der Waals surface area contributed by atoms with Gasteiger partial charge in [0.1, 0.15) is 5.72 Å². The molecule has 0 amide bonds. The van der Waals surface area contributed by atoms with Gasteiger partial charge in [0.2, 0.25) is 0 Å². The van der Waals surface area contributed by atoms with Crippen molar-refractivity contribution in [3.8, 4) is 0 Å². The van der Waals surface area contributed by atoms with Crippen LogP contribution in [0.1, 0.15) is 19.3 Å². The molecule has 0 aromatic rings. The third kappa shape index (κ3) is 0.994. The highest BCUT2D eigenvalue weighted by atomic mass is 79.9. The number of hydrogen-bond acceptors (Lipinski definition) is 2. The summed E-state index contributed by atoms with van der Waals surface area (Å²) in [6.07, 6.45) is 3.84. The van der Waals surface area contributed by atoms with Gasteiger partial charge in [0.15, 0.2) is 0 Å². The van der Waals surface area contributed by atoms with Crippen LogP contribution in [-0.4, -0.2) is 36.2 Å². The Bertz CT molecular complexity index is 187. The molecule has 12 heavy (non-hydrogen) atoms. The van der Waals surface area contributed by atoms with Crippen LogP contribution in [0, 0.1) is 5.92 Å². The topological polar surface area (TPSA) is 12.5 Å². The van der Waals surface area contributed by atoms with Crippen molar-refractivity contribution in [1.29, 1.82) is 0 Å². The Labute approximate surface area is 82.4 Å². The lowest BCUT2D eigenvalue weighted by molar-refractivity contribution is -0.106. The van der Waals surface area contributed by atoms with Gasteiger partial charge in [-0.2, -0.15) is 0 Å². The van der Waals surface area contributed by atoms with Crippen LogP contribution in [0.4, 0.5) is 0 Å². The van der Waals surface area contributed by atoms with Gasteiger partial charge in [-0.1, -0.05) is 15.9 Å². The molecule has 1 aliphatic carbocycles. The van der Waals surface area contributed by atoms with E-state index in [1.54, 1.807) is 0 Å². The first-order valence-corrected chi connectivity index (χ1v) is 5.53. The maximum atomic E-state index is 5.67. The highest BCUT2D eigenvalue weighted by Crippen LogP contribution is 2.47. The van der Waals surface area contributed by atoms with Crippen LogP contribution < -0.4 is 0 Å². The maximum absolute atomic E-state index is 5.67. The van der Waals surface area contributed by atoms with Crippen molar-refractivity contribution < 1.29 is 4.74 Å². The highest BCUT2D eigenvalue weighted by Gasteiger charge is 2.53. The Morgan fingerprint density at radius 1 is 1.58 bits per heavy atom. The molecule has 2 rings (SSSR count). The summed E-state index contributed by atoms with van der Waals surface area (Å²) in [5.41, 5.74) is 0.00289. The summed E-state index contributed by atoms with van der Waals surface area (Å²) in [7, 11) is 4.00. The van der Waals surface area contributed by atoms with Crippen molar-refractivity contribution in [3.63, 3.8) is 0 Å². The van der Waals surface area contributed by atoms with E-state index < -0.39 is 0 Å². The second-order valence-corrected chi connectivity index (χ2v) is 4.97. The molecule has 1 saturated heterocycles. The van der Waals surface area contributed by atoms with Crippen LogP contribution in [0.15, 0.2) is 0 Å². The molecular formula is C9H16BrNO. The van der Waals surface area contributed by atoms with E-state index in [2.05, 4.69) is 27.9 Å². The zero-order chi connectivity index (χ0) is 8.77. The first-order valence-electron chi connectivity index (χ1n) is 4.61. The number of ether oxygens (including phenoxy) is 1. The van der Waals surface area contributed by atoms with Gasteiger partial charge < -0.3 is 4.74 Å². The summed E-state index contributed by atoms with van der Waals surface area (Å²) >= 11 is 3.77. The molecule has 1 aliphatic heterocycles. The van der Waals surface area contributed by atoms with Crippen molar-refractivity contribution in [2.24, 2.45) is 5.92 Å². The van der Waals surface area contributed by atoms with Crippen molar-refractivity contribution in [2.45, 2.75) is 29.8 Å². The third-order valence-electron chi connectivity index (χ3n) is 3.46. The molecule has 0 spiro atoms. The van der Waals surface area contributed by atoms with E-state index in [9.17, 15) is 0 Å². The molecule has 0 aromatic heterocycles. The fourth-order valence-electron chi connectivity index (χ4n) is 2.73. The Hall–Kier alpha value is 0.400. The summed E-state index contributed by atoms with van der Waals surface area (Å²) in [6, 6.07) is 0. The van der Waals surface area contributed by atoms with Gasteiger partial charge >= 0.3 is 0 Å². The van der Waals surface area contributed by atoms with Crippen LogP contribution in [0.25, 0.3) is 0 Å². The minimum atomic E-state index is 0.00289. The van der Waals surface area contributed by atoms with Gasteiger partial charge in [-0.05, 0) is 32.2 Å². The van der Waals surface area contributed by atoms with E-state index in [-0.39, 0.29) is 5.72 Å². The Kier molecular flexibility index (Phi) is 2.22. The van der Waals surface area contributed by atoms with E-state index in [0.29, 0.717) is 4.83 Å². The van der Waals surface area contributed by atoms with E-state index >= 15 is 0 Å². The normalized spacial score (nSPS) is 48.2. The van der Waals surface area contributed by atoms with E-state index in [0.717, 1.165) is 5.92 Å². The molecule has 70 valence electrons. The monoisotopic (exact) mass is 233 g/mol. The summed E-state index contributed by atoms with van der Waals surface area (Å²) in [4.78, 5) is 2.90. The zero-order valence-corrected chi connectivity index (χ0v) is 9.30. The second kappa shape index (κ2) is 2.96. The summed E-state index contributed by atoms with van der Waals surface area (Å²) < 4.78 is 5.67. The number of halogens is 1. The van der Waals surface area contributed by atoms with Crippen LogP contribution in [0.2, 0.25) is 0 Å². The number of methoxy groups -OCH3 is 1. The summed E-state index contributed by atoms with van der Waals surface area (Å²) in [6.45, 7) is 1.18. The van der Waals surface area contributed by atoms with E-state index in [1.807, 2.05) is 7.11 Å². The molecule has 2 aliphatic rings. The van der Waals surface area contributed by atoms with E-state index in [4.69, 9.17) is 4.74 Å². The quantitative estimate of drug-likeness (QED) is 0.642. The predicted octanol–water partition coefficient (Wildman–Crippen LogP) is 1.84. The molecule has 0 N–H and O–H groups in total. The Morgan fingerprint density at radius 2 is 2.33 bits per heavy atom. The highest BCUT2D eigenvalue weighted by molar-refractivity contribution is 9.09. The lowest BCUT2D eigenvalue weighted by Crippen LogP contribution is -2.49. The number of likely N-dealkylation sites (tertiary alicyclic amines) is 1. The molecule has 2 fully saturated rings. The van der Waals surface area contributed by atoms with Gasteiger partial charge in [0, 0.05) is 13.7 Å².